The number of benzene rings is 10. The van der Waals surface area contributed by atoms with Crippen LogP contribution in [0.5, 0.6) is 11.5 Å². The molecule has 10 aromatic rings. The minimum Gasteiger partial charge on any atom is -0.478 e. The summed E-state index contributed by atoms with van der Waals surface area (Å²) >= 11 is 0. The molecule has 57 heavy (non-hydrogen) atoms. The lowest BCUT2D eigenvalue weighted by atomic mass is 9.97. The Bertz CT molecular complexity index is 3000. The maximum Gasteiger partial charge on any atom is 0.734 e. The largest absolute Gasteiger partial charge is 0.734 e. The lowest BCUT2D eigenvalue weighted by Gasteiger charge is -2.37. The van der Waals surface area contributed by atoms with E-state index < -0.39 is 8.88 Å². The van der Waals surface area contributed by atoms with E-state index >= 15 is 0 Å². The molecule has 0 saturated carbocycles. The van der Waals surface area contributed by atoms with Gasteiger partial charge in [-0.3, -0.25) is 9.13 Å². The van der Waals surface area contributed by atoms with E-state index in [1.165, 1.54) is 33.0 Å². The van der Waals surface area contributed by atoms with Gasteiger partial charge in [0.05, 0.1) is 11.4 Å². The minimum absolute atomic E-state index is 0.809. The van der Waals surface area contributed by atoms with E-state index in [4.69, 9.17) is 8.85 Å². The van der Waals surface area contributed by atoms with E-state index in [0.29, 0.717) is 0 Å². The van der Waals surface area contributed by atoms with Gasteiger partial charge in [-0.15, -0.1) is 0 Å². The van der Waals surface area contributed by atoms with Gasteiger partial charge in [-0.25, -0.2) is 0 Å². The van der Waals surface area contributed by atoms with Crippen molar-refractivity contribution in [2.24, 2.45) is 0 Å². The number of rotatable bonds is 4. The fourth-order valence-electron chi connectivity index (χ4n) is 9.08. The Labute approximate surface area is 331 Å². The third-order valence-corrected chi connectivity index (χ3v) is 14.7. The van der Waals surface area contributed by atoms with Crippen LogP contribution >= 0.6 is 0 Å². The van der Waals surface area contributed by atoms with Gasteiger partial charge in [-0.05, 0) is 91.0 Å². The van der Waals surface area contributed by atoms with Gasteiger partial charge in [-0.2, -0.15) is 0 Å². The number of nitrogens with zero attached hydrogens (tertiary/aromatic N) is 2. The first kappa shape index (κ1) is 32.0. The first-order chi connectivity index (χ1) is 28.2. The van der Waals surface area contributed by atoms with Crippen LogP contribution in [0.15, 0.2) is 206 Å². The molecule has 268 valence electrons. The predicted molar refractivity (Wildman–Crippen MR) is 238 cm³/mol. The van der Waals surface area contributed by atoms with Gasteiger partial charge >= 0.3 is 8.88 Å². The monoisotopic (exact) mass is 746 g/mol. The summed E-state index contributed by atoms with van der Waals surface area (Å²) in [6.45, 7) is 0. The van der Waals surface area contributed by atoms with Gasteiger partial charge in [0.1, 0.15) is 11.5 Å². The first-order valence-electron chi connectivity index (χ1n) is 19.4. The molecule has 0 N–H and O–H groups in total. The van der Waals surface area contributed by atoms with Crippen LogP contribution in [0.25, 0.3) is 65.3 Å². The van der Waals surface area contributed by atoms with Gasteiger partial charge in [0, 0.05) is 22.1 Å². The zero-order valence-corrected chi connectivity index (χ0v) is 31.8. The van der Waals surface area contributed by atoms with E-state index in [1.807, 2.05) is 0 Å². The van der Waals surface area contributed by atoms with Crippen LogP contribution in [0, 0.1) is 0 Å². The molecule has 2 aliphatic rings. The second-order valence-electron chi connectivity index (χ2n) is 14.8. The summed E-state index contributed by atoms with van der Waals surface area (Å²) in [6, 6.07) is 73.9. The van der Waals surface area contributed by atoms with Crippen molar-refractivity contribution in [2.45, 2.75) is 0 Å². The Morgan fingerprint density at radius 3 is 1.07 bits per heavy atom. The van der Waals surface area contributed by atoms with Crippen LogP contribution in [0.4, 0.5) is 22.7 Å². The Hall–Kier alpha value is -7.34. The molecule has 0 amide bonds. The summed E-state index contributed by atoms with van der Waals surface area (Å²) in [6.07, 6.45) is 0. The average Bonchev–Trinajstić information content (AvgIpc) is 3.75. The van der Waals surface area contributed by atoms with Crippen LogP contribution in [0.1, 0.15) is 0 Å². The van der Waals surface area contributed by atoms with E-state index in [9.17, 15) is 0 Å². The second kappa shape index (κ2) is 12.3. The van der Waals surface area contributed by atoms with Crippen LogP contribution < -0.4 is 18.0 Å². The Kier molecular flexibility index (Phi) is 6.91. The molecule has 0 radical (unpaired) electrons. The molecule has 2 heterocycles. The second-order valence-corrected chi connectivity index (χ2v) is 17.2. The molecule has 4 nitrogen and oxygen atoms in total. The van der Waals surface area contributed by atoms with Crippen LogP contribution in [0.2, 0.25) is 0 Å². The van der Waals surface area contributed by atoms with Crippen molar-refractivity contribution in [1.82, 2.24) is 0 Å². The molecule has 0 aliphatic carbocycles. The van der Waals surface area contributed by atoms with Crippen molar-refractivity contribution in [1.29, 1.82) is 0 Å². The number of fused-ring (bicyclic) bond motifs is 6. The summed E-state index contributed by atoms with van der Waals surface area (Å²) in [5, 5.41) is 9.14. The molecule has 5 heteroatoms. The lowest BCUT2D eigenvalue weighted by molar-refractivity contribution is 0.414. The molecule has 2 aliphatic heterocycles. The molecule has 0 atom stereocenters. The highest BCUT2D eigenvalue weighted by Gasteiger charge is 2.68. The molecular weight excluding hydrogens is 713 g/mol. The molecule has 0 aromatic heterocycles. The molecule has 0 bridgehead atoms. The molecule has 0 unspecified atom stereocenters. The van der Waals surface area contributed by atoms with Crippen molar-refractivity contribution in [3.05, 3.63) is 206 Å². The van der Waals surface area contributed by atoms with Gasteiger partial charge in [0.15, 0.2) is 0 Å². The quantitative estimate of drug-likeness (QED) is 0.167. The Morgan fingerprint density at radius 2 is 0.649 bits per heavy atom. The highest BCUT2D eigenvalue weighted by molar-refractivity contribution is 6.82. The zero-order chi connectivity index (χ0) is 37.5. The third-order valence-electron chi connectivity index (χ3n) is 11.6. The number of anilines is 4. The Balaban J connectivity index is 1.17. The van der Waals surface area contributed by atoms with Gasteiger partial charge in [0.25, 0.3) is 0 Å². The van der Waals surface area contributed by atoms with Crippen molar-refractivity contribution >= 4 is 74.7 Å². The standard InChI is InChI=1S/C52H34N2O2Si/c1-3-15-35(16-4-1)41-27-29-47(45-25-13-11-23-43(41)45)53-49-31-37-19-7-9-21-39(37)33-51(49)55-57(53)54(50-32-38-20-8-10-22-40(38)34-52(50)56-57)48-30-28-42(36-17-5-2-6-18-36)44-24-12-14-26-46(44)48/h1-34H. The van der Waals surface area contributed by atoms with Crippen molar-refractivity contribution in [2.75, 3.05) is 9.13 Å². The van der Waals surface area contributed by atoms with Gasteiger partial charge in [-0.1, -0.05) is 170 Å². The Morgan fingerprint density at radius 1 is 0.298 bits per heavy atom. The molecule has 0 fully saturated rings. The maximum atomic E-state index is 7.60. The predicted octanol–water partition coefficient (Wildman–Crippen LogP) is 13.8. The van der Waals surface area contributed by atoms with E-state index in [0.717, 1.165) is 66.6 Å². The maximum absolute atomic E-state index is 7.60. The van der Waals surface area contributed by atoms with E-state index in [2.05, 4.69) is 215 Å². The topological polar surface area (TPSA) is 24.9 Å². The van der Waals surface area contributed by atoms with Gasteiger partial charge < -0.3 is 8.85 Å². The summed E-state index contributed by atoms with van der Waals surface area (Å²) < 4.78 is 20.1. The first-order valence-corrected chi connectivity index (χ1v) is 21.1. The third kappa shape index (κ3) is 4.79. The molecule has 10 aromatic carbocycles. The summed E-state index contributed by atoms with van der Waals surface area (Å²) in [4.78, 5) is 0. The molecule has 0 saturated heterocycles. The fourth-order valence-corrected chi connectivity index (χ4v) is 12.5. The average molecular weight is 747 g/mol. The van der Waals surface area contributed by atoms with Crippen LogP contribution in [0.3, 0.4) is 0 Å². The summed E-state index contributed by atoms with van der Waals surface area (Å²) in [5.41, 5.74) is 8.79. The van der Waals surface area contributed by atoms with Crippen molar-refractivity contribution < 1.29 is 8.85 Å². The van der Waals surface area contributed by atoms with Gasteiger partial charge in [0.2, 0.25) is 0 Å². The normalized spacial score (nSPS) is 14.0. The molecular formula is C52H34N2O2Si. The minimum atomic E-state index is -3.78. The van der Waals surface area contributed by atoms with Crippen LogP contribution in [-0.4, -0.2) is 8.88 Å². The highest BCUT2D eigenvalue weighted by atomic mass is 28.4. The van der Waals surface area contributed by atoms with Crippen LogP contribution in [-0.2, 0) is 0 Å². The van der Waals surface area contributed by atoms with E-state index in [1.54, 1.807) is 0 Å². The summed E-state index contributed by atoms with van der Waals surface area (Å²) in [7, 11) is -3.78. The smallest absolute Gasteiger partial charge is 0.478 e. The molecule has 1 spiro atoms. The fraction of sp³-hybridized carbons (Fsp3) is 0. The van der Waals surface area contributed by atoms with Crippen molar-refractivity contribution in [3.8, 4) is 33.8 Å². The van der Waals surface area contributed by atoms with Crippen molar-refractivity contribution in [3.63, 3.8) is 0 Å². The molecule has 12 rings (SSSR count). The number of hydrogen-bond donors (Lipinski definition) is 0. The SMILES string of the molecule is c1ccc(-c2ccc(N3c4cc5ccccc5cc4O[Si]34Oc3cc5ccccc5cc3N4c3ccc(-c4ccccc4)c4ccccc34)c3ccccc23)cc1. The lowest BCUT2D eigenvalue weighted by Crippen LogP contribution is -2.67. The number of hydrogen-bond acceptors (Lipinski definition) is 4. The summed E-state index contributed by atoms with van der Waals surface area (Å²) in [5.74, 6) is 1.62. The zero-order valence-electron chi connectivity index (χ0n) is 30.8. The highest BCUT2D eigenvalue weighted by Crippen LogP contribution is 2.58. The van der Waals surface area contributed by atoms with E-state index in [-0.39, 0.29) is 0 Å².